The van der Waals surface area contributed by atoms with Gasteiger partial charge in [-0.2, -0.15) is 5.10 Å². The Hall–Kier alpha value is -3.42. The largest absolute Gasteiger partial charge is 0.356 e. The first kappa shape index (κ1) is 19.9. The number of carbonyl (C=O) groups excluding carboxylic acids is 1. The molecule has 30 heavy (non-hydrogen) atoms. The van der Waals surface area contributed by atoms with Crippen LogP contribution in [0.15, 0.2) is 36.7 Å². The molecule has 1 aliphatic rings. The van der Waals surface area contributed by atoms with E-state index < -0.39 is 0 Å². The summed E-state index contributed by atoms with van der Waals surface area (Å²) in [5, 5.41) is 7.61. The molecule has 1 aliphatic heterocycles. The van der Waals surface area contributed by atoms with Crippen LogP contribution in [-0.2, 0) is 11.8 Å². The lowest BCUT2D eigenvalue weighted by Gasteiger charge is -2.42. The first-order valence-corrected chi connectivity index (χ1v) is 10.1. The molecule has 0 unspecified atom stereocenters. The highest BCUT2D eigenvalue weighted by atomic mass is 16.2. The van der Waals surface area contributed by atoms with Crippen molar-refractivity contribution < 1.29 is 4.79 Å². The van der Waals surface area contributed by atoms with Crippen LogP contribution < -0.4 is 15.1 Å². The van der Waals surface area contributed by atoms with E-state index in [-0.39, 0.29) is 18.0 Å². The first-order chi connectivity index (χ1) is 14.3. The molecule has 2 aromatic heterocycles. The van der Waals surface area contributed by atoms with E-state index in [2.05, 4.69) is 45.2 Å². The van der Waals surface area contributed by atoms with E-state index in [1.165, 1.54) is 0 Å². The van der Waals surface area contributed by atoms with Crippen LogP contribution in [-0.4, -0.2) is 44.8 Å². The smallest absolute Gasteiger partial charge is 0.249 e. The van der Waals surface area contributed by atoms with Crippen molar-refractivity contribution in [3.63, 3.8) is 0 Å². The van der Waals surface area contributed by atoms with E-state index in [1.807, 2.05) is 57.0 Å². The number of nitrogens with one attached hydrogen (secondary N) is 1. The molecule has 1 amide bonds. The zero-order chi connectivity index (χ0) is 21.6. The molecule has 0 aliphatic carbocycles. The number of rotatable bonds is 4. The summed E-state index contributed by atoms with van der Waals surface area (Å²) in [7, 11) is 3.74. The van der Waals surface area contributed by atoms with Gasteiger partial charge in [0.2, 0.25) is 11.9 Å². The molecule has 0 fully saturated rings. The molecule has 8 heteroatoms. The van der Waals surface area contributed by atoms with Gasteiger partial charge in [0.1, 0.15) is 6.04 Å². The highest BCUT2D eigenvalue weighted by Gasteiger charge is 2.34. The number of carbonyl (C=O) groups is 1. The third-order valence-corrected chi connectivity index (χ3v) is 5.70. The Morgan fingerprint density at radius 1 is 1.13 bits per heavy atom. The van der Waals surface area contributed by atoms with E-state index in [9.17, 15) is 4.79 Å². The molecule has 0 radical (unpaired) electrons. The van der Waals surface area contributed by atoms with Crippen LogP contribution in [0.3, 0.4) is 0 Å². The summed E-state index contributed by atoms with van der Waals surface area (Å²) in [6.07, 6.45) is 3.56. The Morgan fingerprint density at radius 2 is 1.90 bits per heavy atom. The fraction of sp³-hybridized carbons (Fsp3) is 0.364. The van der Waals surface area contributed by atoms with Gasteiger partial charge in [0.15, 0.2) is 0 Å². The number of hydrogen-bond acceptors (Lipinski definition) is 6. The molecule has 1 atom stereocenters. The van der Waals surface area contributed by atoms with Crippen LogP contribution in [0.4, 0.5) is 23.0 Å². The molecule has 0 bridgehead atoms. The fourth-order valence-electron chi connectivity index (χ4n) is 3.99. The van der Waals surface area contributed by atoms with E-state index >= 15 is 0 Å². The van der Waals surface area contributed by atoms with Crippen molar-refractivity contribution in [1.29, 1.82) is 0 Å². The van der Waals surface area contributed by atoms with E-state index in [0.29, 0.717) is 5.95 Å². The summed E-state index contributed by atoms with van der Waals surface area (Å²) in [6.45, 7) is 8.16. The highest BCUT2D eigenvalue weighted by molar-refractivity contribution is 6.05. The zero-order valence-corrected chi connectivity index (χ0v) is 18.2. The summed E-state index contributed by atoms with van der Waals surface area (Å²) in [6, 6.07) is 7.82. The van der Waals surface area contributed by atoms with Crippen LogP contribution >= 0.6 is 0 Å². The quantitative estimate of drug-likeness (QED) is 0.716. The molecular weight excluding hydrogens is 378 g/mol. The standard InChI is InChI=1S/C22H27N7O/c1-13(2)29-15(4)21(30)27(5)19-8-7-16(11-20(19)29)25-22-23-10-9-18(26-22)17-12-24-28(6)14(17)3/h7-13,15H,1-6H3,(H,23,25,26)/t15-/m1/s1. The number of aromatic nitrogens is 4. The van der Waals surface area contributed by atoms with Crippen molar-refractivity contribution in [2.45, 2.75) is 39.8 Å². The lowest BCUT2D eigenvalue weighted by molar-refractivity contribution is -0.119. The number of amides is 1. The molecule has 0 saturated carbocycles. The van der Waals surface area contributed by atoms with E-state index in [1.54, 1.807) is 11.1 Å². The topological polar surface area (TPSA) is 79.2 Å². The Labute approximate surface area is 176 Å². The molecule has 3 heterocycles. The molecular formula is C22H27N7O. The maximum absolute atomic E-state index is 12.6. The van der Waals surface area contributed by atoms with Crippen molar-refractivity contribution >= 4 is 28.9 Å². The van der Waals surface area contributed by atoms with Crippen LogP contribution in [0.25, 0.3) is 11.3 Å². The lowest BCUT2D eigenvalue weighted by Crippen LogP contribution is -2.53. The van der Waals surface area contributed by atoms with Gasteiger partial charge in [0.05, 0.1) is 23.3 Å². The summed E-state index contributed by atoms with van der Waals surface area (Å²) in [5.74, 6) is 0.611. The Balaban J connectivity index is 1.68. The molecule has 0 saturated heterocycles. The predicted molar refractivity (Wildman–Crippen MR) is 119 cm³/mol. The van der Waals surface area contributed by atoms with Crippen molar-refractivity contribution in [2.75, 3.05) is 22.2 Å². The van der Waals surface area contributed by atoms with Gasteiger partial charge in [-0.15, -0.1) is 0 Å². The number of benzene rings is 1. The van der Waals surface area contributed by atoms with Gasteiger partial charge in [-0.25, -0.2) is 9.97 Å². The number of fused-ring (bicyclic) bond motifs is 1. The van der Waals surface area contributed by atoms with Gasteiger partial charge >= 0.3 is 0 Å². The summed E-state index contributed by atoms with van der Waals surface area (Å²) < 4.78 is 1.83. The maximum Gasteiger partial charge on any atom is 0.249 e. The molecule has 156 valence electrons. The van der Waals surface area contributed by atoms with E-state index in [4.69, 9.17) is 0 Å². The second-order valence-electron chi connectivity index (χ2n) is 7.94. The molecule has 1 aromatic carbocycles. The number of anilines is 4. The number of hydrogen-bond donors (Lipinski definition) is 1. The Bertz CT molecular complexity index is 1100. The SMILES string of the molecule is Cc1c(-c2ccnc(Nc3ccc4c(c3)N(C(C)C)[C@H](C)C(=O)N4C)n2)cnn1C. The fourth-order valence-corrected chi connectivity index (χ4v) is 3.99. The Kier molecular flexibility index (Phi) is 4.93. The van der Waals surface area contributed by atoms with Gasteiger partial charge in [-0.05, 0) is 52.0 Å². The van der Waals surface area contributed by atoms with Crippen molar-refractivity contribution in [3.05, 3.63) is 42.4 Å². The van der Waals surface area contributed by atoms with Crippen molar-refractivity contribution in [2.24, 2.45) is 7.05 Å². The average Bonchev–Trinajstić information content (AvgIpc) is 3.05. The van der Waals surface area contributed by atoms with Crippen molar-refractivity contribution in [3.8, 4) is 11.3 Å². The summed E-state index contributed by atoms with van der Waals surface area (Å²) in [4.78, 5) is 25.5. The second-order valence-corrected chi connectivity index (χ2v) is 7.94. The molecule has 8 nitrogen and oxygen atoms in total. The normalized spacial score (nSPS) is 16.2. The number of likely N-dealkylation sites (N-methyl/N-ethyl adjacent to an activating group) is 1. The highest BCUT2D eigenvalue weighted by Crippen LogP contribution is 2.39. The van der Waals surface area contributed by atoms with Gasteiger partial charge in [-0.1, -0.05) is 0 Å². The van der Waals surface area contributed by atoms with Gasteiger partial charge in [-0.3, -0.25) is 9.48 Å². The molecule has 4 rings (SSSR count). The minimum atomic E-state index is -0.217. The van der Waals surface area contributed by atoms with Crippen LogP contribution in [0.5, 0.6) is 0 Å². The van der Waals surface area contributed by atoms with E-state index in [0.717, 1.165) is 34.0 Å². The third kappa shape index (κ3) is 3.28. The summed E-state index contributed by atoms with van der Waals surface area (Å²) in [5.41, 5.74) is 5.63. The summed E-state index contributed by atoms with van der Waals surface area (Å²) >= 11 is 0. The molecule has 0 spiro atoms. The first-order valence-electron chi connectivity index (χ1n) is 10.1. The number of nitrogens with zero attached hydrogens (tertiary/aromatic N) is 6. The average molecular weight is 406 g/mol. The number of aryl methyl sites for hydroxylation is 1. The minimum Gasteiger partial charge on any atom is -0.356 e. The monoisotopic (exact) mass is 405 g/mol. The van der Waals surface area contributed by atoms with Crippen LogP contribution in [0, 0.1) is 6.92 Å². The predicted octanol–water partition coefficient (Wildman–Crippen LogP) is 3.51. The van der Waals surface area contributed by atoms with Crippen LogP contribution in [0.2, 0.25) is 0 Å². The zero-order valence-electron chi connectivity index (χ0n) is 18.2. The third-order valence-electron chi connectivity index (χ3n) is 5.70. The van der Waals surface area contributed by atoms with Gasteiger partial charge in [0.25, 0.3) is 0 Å². The second kappa shape index (κ2) is 7.44. The van der Waals surface area contributed by atoms with Gasteiger partial charge in [0, 0.05) is 43.3 Å². The molecule has 3 aromatic rings. The molecule has 1 N–H and O–H groups in total. The lowest BCUT2D eigenvalue weighted by atomic mass is 10.0. The minimum absolute atomic E-state index is 0.0970. The van der Waals surface area contributed by atoms with Gasteiger partial charge < -0.3 is 15.1 Å². The Morgan fingerprint density at radius 3 is 2.57 bits per heavy atom. The van der Waals surface area contributed by atoms with Crippen molar-refractivity contribution in [1.82, 2.24) is 19.7 Å². The van der Waals surface area contributed by atoms with Crippen LogP contribution in [0.1, 0.15) is 26.5 Å². The maximum atomic E-state index is 12.6.